The third kappa shape index (κ3) is 5.25. The Balaban J connectivity index is 1.76. The lowest BCUT2D eigenvalue weighted by atomic mass is 10.1. The van der Waals surface area contributed by atoms with Crippen molar-refractivity contribution in [2.45, 2.75) is 24.8 Å². The van der Waals surface area contributed by atoms with E-state index in [0.717, 1.165) is 5.56 Å². The van der Waals surface area contributed by atoms with Crippen LogP contribution in [0, 0.1) is 13.8 Å². The molecule has 156 valence electrons. The molecular formula is C23H24N2O4S. The number of hydrogen-bond acceptors (Lipinski definition) is 4. The maximum absolute atomic E-state index is 12.9. The molecule has 3 aromatic rings. The Morgan fingerprint density at radius 1 is 0.967 bits per heavy atom. The summed E-state index contributed by atoms with van der Waals surface area (Å²) in [6.45, 7) is 3.56. The van der Waals surface area contributed by atoms with Gasteiger partial charge in [-0.3, -0.25) is 9.52 Å². The van der Waals surface area contributed by atoms with E-state index in [9.17, 15) is 18.3 Å². The zero-order valence-corrected chi connectivity index (χ0v) is 17.6. The lowest BCUT2D eigenvalue weighted by molar-refractivity contribution is 0.0916. The fraction of sp³-hybridized carbons (Fsp3) is 0.174. The second kappa shape index (κ2) is 9.11. The molecule has 0 radical (unpaired) electrons. The molecule has 3 N–H and O–H groups in total. The predicted molar refractivity (Wildman–Crippen MR) is 117 cm³/mol. The summed E-state index contributed by atoms with van der Waals surface area (Å²) in [5.74, 6) is -0.461. The van der Waals surface area contributed by atoms with E-state index in [0.29, 0.717) is 16.8 Å². The number of benzene rings is 3. The van der Waals surface area contributed by atoms with Gasteiger partial charge in [-0.25, -0.2) is 8.42 Å². The van der Waals surface area contributed by atoms with Crippen LogP contribution in [0.1, 0.15) is 33.2 Å². The van der Waals surface area contributed by atoms with Crippen LogP contribution in [0.25, 0.3) is 0 Å². The number of sulfonamides is 1. The fourth-order valence-electron chi connectivity index (χ4n) is 3.03. The lowest BCUT2D eigenvalue weighted by Crippen LogP contribution is -2.28. The van der Waals surface area contributed by atoms with Crippen LogP contribution in [0.4, 0.5) is 5.69 Å². The van der Waals surface area contributed by atoms with E-state index in [2.05, 4.69) is 10.0 Å². The van der Waals surface area contributed by atoms with Crippen molar-refractivity contribution in [3.05, 3.63) is 95.1 Å². The number of rotatable bonds is 7. The fourth-order valence-corrected chi connectivity index (χ4v) is 4.36. The second-order valence-electron chi connectivity index (χ2n) is 7.09. The third-order valence-electron chi connectivity index (χ3n) is 4.65. The molecule has 0 saturated heterocycles. The Kier molecular flexibility index (Phi) is 6.54. The molecule has 0 saturated carbocycles. The van der Waals surface area contributed by atoms with Gasteiger partial charge in [-0.05, 0) is 54.8 Å². The van der Waals surface area contributed by atoms with Crippen LogP contribution in [0.5, 0.6) is 0 Å². The zero-order chi connectivity index (χ0) is 21.7. The van der Waals surface area contributed by atoms with Gasteiger partial charge < -0.3 is 10.4 Å². The molecule has 30 heavy (non-hydrogen) atoms. The van der Waals surface area contributed by atoms with Crippen LogP contribution < -0.4 is 10.0 Å². The number of hydrogen-bond donors (Lipinski definition) is 3. The summed E-state index contributed by atoms with van der Waals surface area (Å²) in [6, 6.07) is 20.5. The number of carbonyl (C=O) groups is 1. The number of anilines is 1. The molecule has 1 atom stereocenters. The van der Waals surface area contributed by atoms with E-state index in [1.54, 1.807) is 61.5 Å². The molecule has 1 amide bonds. The minimum atomic E-state index is -3.87. The van der Waals surface area contributed by atoms with Crippen molar-refractivity contribution in [2.24, 2.45) is 0 Å². The molecule has 3 rings (SSSR count). The van der Waals surface area contributed by atoms with Gasteiger partial charge >= 0.3 is 0 Å². The van der Waals surface area contributed by atoms with Crippen LogP contribution >= 0.6 is 0 Å². The lowest BCUT2D eigenvalue weighted by Gasteiger charge is -2.14. The summed E-state index contributed by atoms with van der Waals surface area (Å²) < 4.78 is 28.3. The Bertz CT molecular complexity index is 1140. The van der Waals surface area contributed by atoms with Crippen molar-refractivity contribution < 1.29 is 18.3 Å². The first-order valence-electron chi connectivity index (χ1n) is 9.47. The predicted octanol–water partition coefficient (Wildman–Crippen LogP) is 3.57. The molecule has 7 heteroatoms. The molecule has 1 unspecified atom stereocenters. The van der Waals surface area contributed by atoms with Gasteiger partial charge in [0.05, 0.1) is 11.0 Å². The van der Waals surface area contributed by atoms with Gasteiger partial charge in [0.25, 0.3) is 15.9 Å². The van der Waals surface area contributed by atoms with Crippen molar-refractivity contribution >= 4 is 21.6 Å². The van der Waals surface area contributed by atoms with Crippen LogP contribution in [-0.4, -0.2) is 26.0 Å². The SMILES string of the molecule is Cc1cccc(NS(=O)(=O)c2cc(C(=O)NCC(O)c3ccccc3)ccc2C)c1. The van der Waals surface area contributed by atoms with Gasteiger partial charge in [0.2, 0.25) is 0 Å². The highest BCUT2D eigenvalue weighted by atomic mass is 32.2. The summed E-state index contributed by atoms with van der Waals surface area (Å²) in [5, 5.41) is 12.9. The molecule has 0 heterocycles. The number of carbonyl (C=O) groups excluding carboxylic acids is 1. The molecular weight excluding hydrogens is 400 g/mol. The van der Waals surface area contributed by atoms with Gasteiger partial charge in [-0.15, -0.1) is 0 Å². The second-order valence-corrected chi connectivity index (χ2v) is 8.74. The van der Waals surface area contributed by atoms with E-state index in [1.165, 1.54) is 6.07 Å². The zero-order valence-electron chi connectivity index (χ0n) is 16.8. The highest BCUT2D eigenvalue weighted by molar-refractivity contribution is 7.92. The van der Waals surface area contributed by atoms with E-state index in [4.69, 9.17) is 0 Å². The van der Waals surface area contributed by atoms with Gasteiger partial charge in [0, 0.05) is 17.8 Å². The molecule has 0 spiro atoms. The largest absolute Gasteiger partial charge is 0.387 e. The smallest absolute Gasteiger partial charge is 0.262 e. The van der Waals surface area contributed by atoms with Crippen LogP contribution in [0.2, 0.25) is 0 Å². The third-order valence-corrected chi connectivity index (χ3v) is 6.17. The minimum absolute atomic E-state index is 0.0142. The first-order chi connectivity index (χ1) is 14.3. The number of nitrogens with one attached hydrogen (secondary N) is 2. The van der Waals surface area contributed by atoms with Crippen LogP contribution in [0.3, 0.4) is 0 Å². The van der Waals surface area contributed by atoms with Crippen molar-refractivity contribution in [3.8, 4) is 0 Å². The van der Waals surface area contributed by atoms with Crippen LogP contribution in [0.15, 0.2) is 77.7 Å². The van der Waals surface area contributed by atoms with E-state index >= 15 is 0 Å². The Labute approximate surface area is 176 Å². The Hall–Kier alpha value is -3.16. The molecule has 6 nitrogen and oxygen atoms in total. The standard InChI is InChI=1S/C23H24N2O4S/c1-16-7-6-10-20(13-16)25-30(28,29)22-14-19(12-11-17(22)2)23(27)24-15-21(26)18-8-4-3-5-9-18/h3-14,21,25-26H,15H2,1-2H3,(H,24,27). The maximum atomic E-state index is 12.9. The van der Waals surface area contributed by atoms with Crippen LogP contribution in [-0.2, 0) is 10.0 Å². The van der Waals surface area contributed by atoms with E-state index in [1.807, 2.05) is 19.1 Å². The number of amides is 1. The number of aryl methyl sites for hydroxylation is 2. The monoisotopic (exact) mass is 424 g/mol. The van der Waals surface area contributed by atoms with Gasteiger partial charge in [0.15, 0.2) is 0 Å². The molecule has 0 fully saturated rings. The molecule has 0 aromatic heterocycles. The number of aliphatic hydroxyl groups is 1. The normalized spacial score (nSPS) is 12.2. The summed E-state index contributed by atoms with van der Waals surface area (Å²) in [5.41, 5.74) is 2.79. The summed E-state index contributed by atoms with van der Waals surface area (Å²) in [6.07, 6.45) is -0.855. The topological polar surface area (TPSA) is 95.5 Å². The van der Waals surface area contributed by atoms with Gasteiger partial charge in [0.1, 0.15) is 0 Å². The quantitative estimate of drug-likeness (QED) is 0.540. The van der Waals surface area contributed by atoms with E-state index in [-0.39, 0.29) is 17.0 Å². The van der Waals surface area contributed by atoms with Gasteiger partial charge in [-0.2, -0.15) is 0 Å². The van der Waals surface area contributed by atoms with E-state index < -0.39 is 22.0 Å². The molecule has 0 aliphatic carbocycles. The van der Waals surface area contributed by atoms with Crippen molar-refractivity contribution in [1.82, 2.24) is 5.32 Å². The first-order valence-corrected chi connectivity index (χ1v) is 11.0. The highest BCUT2D eigenvalue weighted by Crippen LogP contribution is 2.21. The molecule has 0 bridgehead atoms. The minimum Gasteiger partial charge on any atom is -0.387 e. The maximum Gasteiger partial charge on any atom is 0.262 e. The highest BCUT2D eigenvalue weighted by Gasteiger charge is 2.20. The summed E-state index contributed by atoms with van der Waals surface area (Å²) in [4.78, 5) is 12.6. The molecule has 3 aromatic carbocycles. The van der Waals surface area contributed by atoms with Crippen molar-refractivity contribution in [3.63, 3.8) is 0 Å². The Morgan fingerprint density at radius 2 is 1.70 bits per heavy atom. The first kappa shape index (κ1) is 21.5. The average Bonchev–Trinajstić information content (AvgIpc) is 2.72. The molecule has 0 aliphatic heterocycles. The van der Waals surface area contributed by atoms with Crippen molar-refractivity contribution in [2.75, 3.05) is 11.3 Å². The number of aliphatic hydroxyl groups excluding tert-OH is 1. The van der Waals surface area contributed by atoms with Gasteiger partial charge in [-0.1, -0.05) is 48.5 Å². The average molecular weight is 425 g/mol. The summed E-state index contributed by atoms with van der Waals surface area (Å²) in [7, 11) is -3.87. The molecule has 0 aliphatic rings. The summed E-state index contributed by atoms with van der Waals surface area (Å²) >= 11 is 0. The van der Waals surface area contributed by atoms with Crippen molar-refractivity contribution in [1.29, 1.82) is 0 Å². The Morgan fingerprint density at radius 3 is 2.40 bits per heavy atom.